The van der Waals surface area contributed by atoms with Gasteiger partial charge in [-0.05, 0) is 18.6 Å². The van der Waals surface area contributed by atoms with Gasteiger partial charge in [-0.3, -0.25) is 4.79 Å². The van der Waals surface area contributed by atoms with Crippen molar-refractivity contribution in [1.82, 2.24) is 5.32 Å². The highest BCUT2D eigenvalue weighted by Gasteiger charge is 2.36. The molecule has 68 valence electrons. The molecule has 2 atom stereocenters. The molecule has 1 aliphatic rings. The zero-order valence-electron chi connectivity index (χ0n) is 7.10. The van der Waals surface area contributed by atoms with Crippen molar-refractivity contribution in [1.29, 1.82) is 0 Å². The largest absolute Gasteiger partial charge is 0.391 e. The van der Waals surface area contributed by atoms with Crippen LogP contribution in [0.1, 0.15) is 16.8 Å². The molecule has 0 radical (unpaired) electrons. The Hall–Kier alpha value is -1.35. The molecule has 2 rings (SSSR count). The summed E-state index contributed by atoms with van der Waals surface area (Å²) >= 11 is 0. The zero-order chi connectivity index (χ0) is 9.26. The predicted molar refractivity (Wildman–Crippen MR) is 48.3 cm³/mol. The first-order valence-electron chi connectivity index (χ1n) is 4.31. The molecule has 3 heteroatoms. The van der Waals surface area contributed by atoms with E-state index in [2.05, 4.69) is 5.32 Å². The Labute approximate surface area is 76.4 Å². The zero-order valence-corrected chi connectivity index (χ0v) is 7.10. The fourth-order valence-electron chi connectivity index (χ4n) is 1.18. The molecule has 1 fully saturated rings. The summed E-state index contributed by atoms with van der Waals surface area (Å²) in [5.41, 5.74) is 0.640. The van der Waals surface area contributed by atoms with E-state index in [0.717, 1.165) is 0 Å². The molecule has 1 aromatic carbocycles. The molecule has 0 bridgehead atoms. The van der Waals surface area contributed by atoms with Crippen molar-refractivity contribution in [2.45, 2.75) is 18.6 Å². The maximum atomic E-state index is 11.4. The Morgan fingerprint density at radius 1 is 1.38 bits per heavy atom. The molecular weight excluding hydrogens is 166 g/mol. The molecule has 0 aliphatic heterocycles. The number of amides is 1. The predicted octanol–water partition coefficient (Wildman–Crippen LogP) is 0.550. The van der Waals surface area contributed by atoms with Crippen LogP contribution in [0.5, 0.6) is 0 Å². The lowest BCUT2D eigenvalue weighted by Gasteiger charge is -2.02. The number of nitrogens with one attached hydrogen (secondary N) is 1. The van der Waals surface area contributed by atoms with E-state index in [4.69, 9.17) is 5.11 Å². The molecule has 1 saturated carbocycles. The summed E-state index contributed by atoms with van der Waals surface area (Å²) in [5, 5.41) is 11.7. The van der Waals surface area contributed by atoms with Gasteiger partial charge in [-0.15, -0.1) is 0 Å². The normalized spacial score (nSPS) is 25.3. The van der Waals surface area contributed by atoms with Crippen molar-refractivity contribution < 1.29 is 9.90 Å². The van der Waals surface area contributed by atoms with E-state index in [1.165, 1.54) is 0 Å². The van der Waals surface area contributed by atoms with Gasteiger partial charge in [-0.2, -0.15) is 0 Å². The fraction of sp³-hybridized carbons (Fsp3) is 0.300. The molecule has 0 heterocycles. The van der Waals surface area contributed by atoms with Crippen molar-refractivity contribution in [3.8, 4) is 0 Å². The first-order chi connectivity index (χ1) is 6.27. The van der Waals surface area contributed by atoms with E-state index in [1.807, 2.05) is 18.2 Å². The Bertz CT molecular complexity index is 310. The number of aliphatic hydroxyl groups is 1. The number of carbonyl (C=O) groups is 1. The van der Waals surface area contributed by atoms with Gasteiger partial charge in [-0.25, -0.2) is 0 Å². The third-order valence-electron chi connectivity index (χ3n) is 2.11. The van der Waals surface area contributed by atoms with E-state index in [9.17, 15) is 4.79 Å². The van der Waals surface area contributed by atoms with Crippen LogP contribution in [0.4, 0.5) is 0 Å². The Kier molecular flexibility index (Phi) is 2.02. The summed E-state index contributed by atoms with van der Waals surface area (Å²) in [6.07, 6.45) is 0.339. The summed E-state index contributed by atoms with van der Waals surface area (Å²) in [6, 6.07) is 8.97. The van der Waals surface area contributed by atoms with Crippen LogP contribution in [0.15, 0.2) is 30.3 Å². The van der Waals surface area contributed by atoms with E-state index in [0.29, 0.717) is 12.0 Å². The van der Waals surface area contributed by atoms with Crippen molar-refractivity contribution >= 4 is 5.91 Å². The minimum Gasteiger partial charge on any atom is -0.391 e. The quantitative estimate of drug-likeness (QED) is 0.693. The lowest BCUT2D eigenvalue weighted by Crippen LogP contribution is -2.27. The fourth-order valence-corrected chi connectivity index (χ4v) is 1.18. The average molecular weight is 177 g/mol. The van der Waals surface area contributed by atoms with Gasteiger partial charge < -0.3 is 10.4 Å². The number of hydrogen-bond acceptors (Lipinski definition) is 2. The number of benzene rings is 1. The van der Waals surface area contributed by atoms with E-state index in [1.54, 1.807) is 12.1 Å². The van der Waals surface area contributed by atoms with Gasteiger partial charge in [0, 0.05) is 5.56 Å². The van der Waals surface area contributed by atoms with E-state index in [-0.39, 0.29) is 18.1 Å². The average Bonchev–Trinajstić information content (AvgIpc) is 2.83. The summed E-state index contributed by atoms with van der Waals surface area (Å²) in [5.74, 6) is -0.109. The number of hydrogen-bond donors (Lipinski definition) is 2. The molecule has 13 heavy (non-hydrogen) atoms. The first kappa shape index (κ1) is 8.26. The SMILES string of the molecule is O=C(NC1CC1O)c1ccccc1. The lowest BCUT2D eigenvalue weighted by atomic mass is 10.2. The Balaban J connectivity index is 1.98. The lowest BCUT2D eigenvalue weighted by molar-refractivity contribution is 0.0942. The van der Waals surface area contributed by atoms with Crippen LogP contribution < -0.4 is 5.32 Å². The van der Waals surface area contributed by atoms with Crippen molar-refractivity contribution in [2.24, 2.45) is 0 Å². The molecule has 2 N–H and O–H groups in total. The van der Waals surface area contributed by atoms with Gasteiger partial charge in [0.05, 0.1) is 12.1 Å². The van der Waals surface area contributed by atoms with Crippen molar-refractivity contribution in [3.05, 3.63) is 35.9 Å². The van der Waals surface area contributed by atoms with Crippen LogP contribution in [0.25, 0.3) is 0 Å². The van der Waals surface area contributed by atoms with E-state index < -0.39 is 0 Å². The van der Waals surface area contributed by atoms with Crippen LogP contribution in [0.2, 0.25) is 0 Å². The third kappa shape index (κ3) is 1.87. The monoisotopic (exact) mass is 177 g/mol. The summed E-state index contributed by atoms with van der Waals surface area (Å²) < 4.78 is 0. The maximum absolute atomic E-state index is 11.4. The number of aliphatic hydroxyl groups excluding tert-OH is 1. The van der Waals surface area contributed by atoms with Crippen LogP contribution >= 0.6 is 0 Å². The minimum absolute atomic E-state index is 0.0345. The standard InChI is InChI=1S/C10H11NO2/c12-9-6-8(9)11-10(13)7-4-2-1-3-5-7/h1-5,8-9,12H,6H2,(H,11,13). The molecule has 1 amide bonds. The highest BCUT2D eigenvalue weighted by atomic mass is 16.3. The smallest absolute Gasteiger partial charge is 0.251 e. The third-order valence-corrected chi connectivity index (χ3v) is 2.11. The van der Waals surface area contributed by atoms with Crippen LogP contribution in [0, 0.1) is 0 Å². The van der Waals surface area contributed by atoms with Gasteiger partial charge in [0.15, 0.2) is 0 Å². The summed E-state index contributed by atoms with van der Waals surface area (Å²) in [4.78, 5) is 11.4. The van der Waals surface area contributed by atoms with Gasteiger partial charge in [-0.1, -0.05) is 18.2 Å². The molecule has 2 unspecified atom stereocenters. The van der Waals surface area contributed by atoms with Crippen LogP contribution in [0.3, 0.4) is 0 Å². The number of carbonyl (C=O) groups excluding carboxylic acids is 1. The van der Waals surface area contributed by atoms with Gasteiger partial charge in [0.25, 0.3) is 5.91 Å². The molecule has 1 aliphatic carbocycles. The molecule has 0 saturated heterocycles. The summed E-state index contributed by atoms with van der Waals surface area (Å²) in [6.45, 7) is 0. The number of rotatable bonds is 2. The highest BCUT2D eigenvalue weighted by Crippen LogP contribution is 2.20. The highest BCUT2D eigenvalue weighted by molar-refractivity contribution is 5.94. The van der Waals surface area contributed by atoms with Crippen LogP contribution in [-0.4, -0.2) is 23.2 Å². The maximum Gasteiger partial charge on any atom is 0.251 e. The topological polar surface area (TPSA) is 49.3 Å². The second-order valence-electron chi connectivity index (χ2n) is 3.25. The molecule has 3 nitrogen and oxygen atoms in total. The van der Waals surface area contributed by atoms with Crippen molar-refractivity contribution in [3.63, 3.8) is 0 Å². The molecule has 1 aromatic rings. The minimum atomic E-state index is -0.340. The van der Waals surface area contributed by atoms with E-state index >= 15 is 0 Å². The van der Waals surface area contributed by atoms with Gasteiger partial charge in [0.2, 0.25) is 0 Å². The van der Waals surface area contributed by atoms with Gasteiger partial charge in [0.1, 0.15) is 0 Å². The van der Waals surface area contributed by atoms with Gasteiger partial charge >= 0.3 is 0 Å². The molecular formula is C10H11NO2. The first-order valence-corrected chi connectivity index (χ1v) is 4.31. The van der Waals surface area contributed by atoms with Crippen molar-refractivity contribution in [2.75, 3.05) is 0 Å². The van der Waals surface area contributed by atoms with Crippen LogP contribution in [-0.2, 0) is 0 Å². The Morgan fingerprint density at radius 3 is 2.54 bits per heavy atom. The molecule has 0 aromatic heterocycles. The second kappa shape index (κ2) is 3.18. The second-order valence-corrected chi connectivity index (χ2v) is 3.25. The Morgan fingerprint density at radius 2 is 2.00 bits per heavy atom. The molecule has 0 spiro atoms. The summed E-state index contributed by atoms with van der Waals surface area (Å²) in [7, 11) is 0.